The normalized spacial score (nSPS) is 10.3. The van der Waals surface area contributed by atoms with E-state index in [1.807, 2.05) is 0 Å². The van der Waals surface area contributed by atoms with E-state index in [4.69, 9.17) is 0 Å². The van der Waals surface area contributed by atoms with Crippen LogP contribution in [0, 0.1) is 0 Å². The summed E-state index contributed by atoms with van der Waals surface area (Å²) < 4.78 is 4.44. The van der Waals surface area contributed by atoms with Crippen LogP contribution >= 0.6 is 0 Å². The minimum Gasteiger partial charge on any atom is -0.872 e. The van der Waals surface area contributed by atoms with Gasteiger partial charge in [0.15, 0.2) is 0 Å². The van der Waals surface area contributed by atoms with E-state index in [0.29, 0.717) is 6.08 Å². The van der Waals surface area contributed by atoms with Gasteiger partial charge in [0.05, 0.1) is 19.0 Å². The van der Waals surface area contributed by atoms with E-state index in [0.717, 1.165) is 0 Å². The summed E-state index contributed by atoms with van der Waals surface area (Å²) in [5.74, 6) is -2.63. The molecule has 6 nitrogen and oxygen atoms in total. The van der Waals surface area contributed by atoms with Gasteiger partial charge < -0.3 is 9.84 Å². The summed E-state index contributed by atoms with van der Waals surface area (Å²) in [6.07, 6.45) is 3.20. The molecule has 0 aliphatic rings. The van der Waals surface area contributed by atoms with Gasteiger partial charge in [-0.3, -0.25) is 4.79 Å². The molecule has 0 unspecified atom stereocenters. The van der Waals surface area contributed by atoms with Crippen LogP contribution in [0.3, 0.4) is 0 Å². The van der Waals surface area contributed by atoms with Gasteiger partial charge >= 0.3 is 24.8 Å². The van der Waals surface area contributed by atoms with Gasteiger partial charge in [-0.2, -0.15) is 10.2 Å². The molecule has 0 bridgehead atoms. The van der Waals surface area contributed by atoms with Crippen molar-refractivity contribution in [3.05, 3.63) is 30.1 Å². The zero-order valence-electron chi connectivity index (χ0n) is 9.54. The maximum Gasteiger partial charge on any atom is 1.00 e. The molecular weight excluding hydrogens is 219 g/mol. The second kappa shape index (κ2) is 7.60. The molecule has 84 valence electrons. The fourth-order valence-corrected chi connectivity index (χ4v) is 0.900. The van der Waals surface area contributed by atoms with Gasteiger partial charge in [0.1, 0.15) is 0 Å². The van der Waals surface area contributed by atoms with Crippen LogP contribution < -0.4 is 24.0 Å². The van der Waals surface area contributed by atoms with Gasteiger partial charge in [0.25, 0.3) is 5.78 Å². The minimum absolute atomic E-state index is 0. The Balaban J connectivity index is 0.00000256. The molecule has 0 amide bonds. The van der Waals surface area contributed by atoms with Crippen molar-refractivity contribution >= 4 is 17.5 Å². The number of ketones is 1. The third-order valence-corrected chi connectivity index (χ3v) is 1.61. The molecule has 0 radical (unpaired) electrons. The number of aromatic nitrogens is 2. The first-order valence-electron chi connectivity index (χ1n) is 4.52. The second-order valence-electron chi connectivity index (χ2n) is 2.72. The molecule has 0 aliphatic heterocycles. The van der Waals surface area contributed by atoms with E-state index in [-0.39, 0.29) is 31.0 Å². The second-order valence-corrected chi connectivity index (χ2v) is 2.72. The molecule has 7 heteroatoms. The molecule has 0 saturated heterocycles. The quantitative estimate of drug-likeness (QED) is 0.173. The van der Waals surface area contributed by atoms with E-state index in [1.54, 1.807) is 6.92 Å². The van der Waals surface area contributed by atoms with Crippen molar-refractivity contribution in [3.63, 3.8) is 0 Å². The van der Waals surface area contributed by atoms with Crippen LogP contribution in [-0.2, 0) is 14.3 Å². The summed E-state index contributed by atoms with van der Waals surface area (Å²) in [7, 11) is 0. The van der Waals surface area contributed by atoms with Crippen LogP contribution in [0.4, 0.5) is 0 Å². The molecule has 0 atom stereocenters. The van der Waals surface area contributed by atoms with Crippen molar-refractivity contribution in [2.45, 2.75) is 6.92 Å². The molecular formula is C10H9LiN2O4. The Morgan fingerprint density at radius 1 is 1.47 bits per heavy atom. The number of nitrogens with zero attached hydrogens (tertiary/aromatic N) is 2. The third kappa shape index (κ3) is 4.81. The molecule has 0 fully saturated rings. The van der Waals surface area contributed by atoms with Crippen molar-refractivity contribution in [1.29, 1.82) is 0 Å². The van der Waals surface area contributed by atoms with Crippen molar-refractivity contribution < 1.29 is 38.3 Å². The average Bonchev–Trinajstić information content (AvgIpc) is 2.30. The van der Waals surface area contributed by atoms with Crippen molar-refractivity contribution in [3.8, 4) is 0 Å². The van der Waals surface area contributed by atoms with E-state index in [2.05, 4.69) is 14.9 Å². The summed E-state index contributed by atoms with van der Waals surface area (Å²) >= 11 is 0. The molecule has 17 heavy (non-hydrogen) atoms. The molecule has 0 aliphatic carbocycles. The molecule has 1 aromatic heterocycles. The van der Waals surface area contributed by atoms with Gasteiger partial charge in [-0.15, -0.1) is 0 Å². The van der Waals surface area contributed by atoms with Crippen LogP contribution in [0.5, 0.6) is 0 Å². The SMILES string of the molecule is CCOC(=O)C(=O)C=C([O-])c1ccnnc1.[Li+]. The van der Waals surface area contributed by atoms with Gasteiger partial charge in [-0.25, -0.2) is 4.79 Å². The number of hydrogen-bond acceptors (Lipinski definition) is 6. The smallest absolute Gasteiger partial charge is 0.872 e. The first kappa shape index (κ1) is 15.4. The monoisotopic (exact) mass is 228 g/mol. The average molecular weight is 228 g/mol. The summed E-state index contributed by atoms with van der Waals surface area (Å²) in [5, 5.41) is 18.4. The van der Waals surface area contributed by atoms with Crippen molar-refractivity contribution in [2.24, 2.45) is 0 Å². The summed E-state index contributed by atoms with van der Waals surface area (Å²) in [6, 6.07) is 1.39. The van der Waals surface area contributed by atoms with E-state index in [1.165, 1.54) is 18.5 Å². The number of rotatable bonds is 4. The number of ether oxygens (including phenoxy) is 1. The van der Waals surface area contributed by atoms with E-state index < -0.39 is 17.5 Å². The molecule has 0 saturated carbocycles. The number of carbonyl (C=O) groups excluding carboxylic acids is 2. The van der Waals surface area contributed by atoms with Gasteiger partial charge in [0.2, 0.25) is 0 Å². The zero-order valence-corrected chi connectivity index (χ0v) is 9.54. The fourth-order valence-electron chi connectivity index (χ4n) is 0.900. The van der Waals surface area contributed by atoms with Crippen LogP contribution in [0.25, 0.3) is 5.76 Å². The van der Waals surface area contributed by atoms with Crippen LogP contribution in [0.1, 0.15) is 12.5 Å². The Bertz CT molecular complexity index is 420. The van der Waals surface area contributed by atoms with Gasteiger partial charge in [0, 0.05) is 0 Å². The van der Waals surface area contributed by atoms with Crippen molar-refractivity contribution in [2.75, 3.05) is 6.61 Å². The zero-order chi connectivity index (χ0) is 12.0. The third-order valence-electron chi connectivity index (χ3n) is 1.61. The largest absolute Gasteiger partial charge is 1.00 e. The minimum atomic E-state index is -1.04. The number of esters is 1. The van der Waals surface area contributed by atoms with Crippen LogP contribution in [-0.4, -0.2) is 28.6 Å². The Kier molecular flexibility index (Phi) is 6.87. The van der Waals surface area contributed by atoms with E-state index in [9.17, 15) is 14.7 Å². The fraction of sp³-hybridized carbons (Fsp3) is 0.200. The van der Waals surface area contributed by atoms with Crippen molar-refractivity contribution in [1.82, 2.24) is 10.2 Å². The maximum absolute atomic E-state index is 11.4. The molecule has 1 aromatic rings. The standard InChI is InChI=1S/C10H10N2O4.Li/c1-2-16-10(15)9(14)5-8(13)7-3-4-11-12-6-7;/h3-6,13H,2H2,1H3;/q;+1/p-1. The summed E-state index contributed by atoms with van der Waals surface area (Å²) in [4.78, 5) is 22.1. The Morgan fingerprint density at radius 2 is 2.18 bits per heavy atom. The van der Waals surface area contributed by atoms with E-state index >= 15 is 0 Å². The Labute approximate surface area is 110 Å². The topological polar surface area (TPSA) is 92.2 Å². The Morgan fingerprint density at radius 3 is 2.71 bits per heavy atom. The first-order chi connectivity index (χ1) is 7.65. The molecule has 0 N–H and O–H groups in total. The van der Waals surface area contributed by atoms with Crippen LogP contribution in [0.15, 0.2) is 24.5 Å². The summed E-state index contributed by atoms with van der Waals surface area (Å²) in [6.45, 7) is 1.66. The molecule has 0 aromatic carbocycles. The number of carbonyl (C=O) groups is 2. The first-order valence-corrected chi connectivity index (χ1v) is 4.52. The Hall–Kier alpha value is -1.64. The summed E-state index contributed by atoms with van der Waals surface area (Å²) in [5.41, 5.74) is 0.188. The predicted octanol–water partition coefficient (Wildman–Crippen LogP) is -3.69. The number of hydrogen-bond donors (Lipinski definition) is 0. The maximum atomic E-state index is 11.4. The predicted molar refractivity (Wildman–Crippen MR) is 51.6 cm³/mol. The van der Waals surface area contributed by atoms with Gasteiger partial charge in [-0.05, 0) is 24.6 Å². The van der Waals surface area contributed by atoms with Crippen LogP contribution in [0.2, 0.25) is 0 Å². The molecule has 1 heterocycles. The molecule has 0 spiro atoms. The molecule has 1 rings (SSSR count). The van der Waals surface area contributed by atoms with Gasteiger partial charge in [-0.1, -0.05) is 5.76 Å².